The highest BCUT2D eigenvalue weighted by Gasteiger charge is 2.19. The zero-order valence-electron chi connectivity index (χ0n) is 9.64. The van der Waals surface area contributed by atoms with Gasteiger partial charge in [0.2, 0.25) is 11.6 Å². The molecule has 0 saturated carbocycles. The van der Waals surface area contributed by atoms with Gasteiger partial charge in [-0.2, -0.15) is 4.98 Å². The molecule has 1 heterocycles. The average molecular weight is 267 g/mol. The molecule has 1 aromatic heterocycles. The molecule has 0 fully saturated rings. The van der Waals surface area contributed by atoms with Crippen LogP contribution >= 0.6 is 11.6 Å². The van der Waals surface area contributed by atoms with Gasteiger partial charge in [0.15, 0.2) is 0 Å². The van der Waals surface area contributed by atoms with Crippen molar-refractivity contribution in [1.82, 2.24) is 4.98 Å². The second-order valence-corrected chi connectivity index (χ2v) is 3.90. The van der Waals surface area contributed by atoms with E-state index in [1.807, 2.05) is 0 Å². The summed E-state index contributed by atoms with van der Waals surface area (Å²) in [5, 5.41) is 0.602. The Morgan fingerprint density at radius 3 is 2.67 bits per heavy atom. The highest BCUT2D eigenvalue weighted by atomic mass is 35.5. The first kappa shape index (κ1) is 12.4. The molecule has 0 saturated heterocycles. The summed E-state index contributed by atoms with van der Waals surface area (Å²) in [6.45, 7) is 2.13. The Bertz CT molecular complexity index is 563. The van der Waals surface area contributed by atoms with Crippen molar-refractivity contribution in [2.45, 2.75) is 6.92 Å². The SMILES string of the molecule is CCOc1oc(-c2ccc(Cl)cc2)nc1C(N)=O. The van der Waals surface area contributed by atoms with Crippen molar-refractivity contribution in [3.05, 3.63) is 35.0 Å². The van der Waals surface area contributed by atoms with Crippen LogP contribution in [0.3, 0.4) is 0 Å². The van der Waals surface area contributed by atoms with E-state index in [4.69, 9.17) is 26.5 Å². The first-order chi connectivity index (χ1) is 8.61. The van der Waals surface area contributed by atoms with Crippen molar-refractivity contribution in [2.24, 2.45) is 5.73 Å². The Morgan fingerprint density at radius 1 is 1.44 bits per heavy atom. The molecule has 0 spiro atoms. The van der Waals surface area contributed by atoms with Crippen molar-refractivity contribution in [3.8, 4) is 17.4 Å². The van der Waals surface area contributed by atoms with Crippen molar-refractivity contribution in [1.29, 1.82) is 0 Å². The number of hydrogen-bond acceptors (Lipinski definition) is 4. The third kappa shape index (κ3) is 2.46. The lowest BCUT2D eigenvalue weighted by atomic mass is 10.2. The lowest BCUT2D eigenvalue weighted by Gasteiger charge is -1.97. The average Bonchev–Trinajstić information content (AvgIpc) is 2.75. The number of carbonyl (C=O) groups is 1. The Hall–Kier alpha value is -2.01. The highest BCUT2D eigenvalue weighted by Crippen LogP contribution is 2.27. The van der Waals surface area contributed by atoms with Crippen molar-refractivity contribution < 1.29 is 13.9 Å². The molecule has 6 heteroatoms. The van der Waals surface area contributed by atoms with Crippen LogP contribution in [0, 0.1) is 0 Å². The maximum atomic E-state index is 11.2. The third-order valence-electron chi connectivity index (χ3n) is 2.20. The number of aromatic nitrogens is 1. The number of benzene rings is 1. The van der Waals surface area contributed by atoms with E-state index >= 15 is 0 Å². The summed E-state index contributed by atoms with van der Waals surface area (Å²) in [5.74, 6) is -0.388. The molecule has 1 aromatic carbocycles. The molecule has 0 unspecified atom stereocenters. The molecule has 2 N–H and O–H groups in total. The number of primary amides is 1. The van der Waals surface area contributed by atoms with Crippen LogP contribution in [0.5, 0.6) is 5.95 Å². The van der Waals surface area contributed by atoms with E-state index in [1.165, 1.54) is 0 Å². The van der Waals surface area contributed by atoms with Gasteiger partial charge in [-0.3, -0.25) is 4.79 Å². The number of oxazole rings is 1. The monoisotopic (exact) mass is 266 g/mol. The molecule has 0 radical (unpaired) electrons. The molecule has 0 aliphatic heterocycles. The second-order valence-electron chi connectivity index (χ2n) is 3.46. The Labute approximate surface area is 109 Å². The summed E-state index contributed by atoms with van der Waals surface area (Å²) in [6.07, 6.45) is 0. The van der Waals surface area contributed by atoms with Crippen LogP contribution in [-0.2, 0) is 0 Å². The van der Waals surface area contributed by atoms with E-state index in [0.717, 1.165) is 0 Å². The molecule has 5 nitrogen and oxygen atoms in total. The minimum atomic E-state index is -0.692. The quantitative estimate of drug-likeness (QED) is 0.922. The zero-order chi connectivity index (χ0) is 13.1. The first-order valence-electron chi connectivity index (χ1n) is 5.31. The number of amides is 1. The Kier molecular flexibility index (Phi) is 3.53. The van der Waals surface area contributed by atoms with Crippen LogP contribution < -0.4 is 10.5 Å². The summed E-state index contributed by atoms with van der Waals surface area (Å²) in [4.78, 5) is 15.2. The summed E-state index contributed by atoms with van der Waals surface area (Å²) in [7, 11) is 0. The lowest BCUT2D eigenvalue weighted by molar-refractivity contribution is 0.0989. The molecule has 94 valence electrons. The Balaban J connectivity index is 2.42. The van der Waals surface area contributed by atoms with Gasteiger partial charge < -0.3 is 14.9 Å². The first-order valence-corrected chi connectivity index (χ1v) is 5.69. The standard InChI is InChI=1S/C12H11ClN2O3/c1-2-17-12-9(10(14)16)15-11(18-12)7-3-5-8(13)6-4-7/h3-6H,2H2,1H3,(H2,14,16). The van der Waals surface area contributed by atoms with E-state index in [1.54, 1.807) is 31.2 Å². The fourth-order valence-corrected chi connectivity index (χ4v) is 1.53. The molecule has 0 bridgehead atoms. The van der Waals surface area contributed by atoms with Gasteiger partial charge >= 0.3 is 5.95 Å². The van der Waals surface area contributed by atoms with Crippen molar-refractivity contribution in [3.63, 3.8) is 0 Å². The lowest BCUT2D eigenvalue weighted by Crippen LogP contribution is -2.13. The number of nitrogens with zero attached hydrogens (tertiary/aromatic N) is 1. The fourth-order valence-electron chi connectivity index (χ4n) is 1.41. The second kappa shape index (κ2) is 5.10. The fraction of sp³-hybridized carbons (Fsp3) is 0.167. The predicted octanol–water partition coefficient (Wildman–Crippen LogP) is 2.49. The number of ether oxygens (including phenoxy) is 1. The van der Waals surface area contributed by atoms with Gasteiger partial charge in [-0.05, 0) is 31.2 Å². The van der Waals surface area contributed by atoms with Crippen LogP contribution in [0.25, 0.3) is 11.5 Å². The molecule has 1 amide bonds. The van der Waals surface area contributed by atoms with Crippen molar-refractivity contribution >= 4 is 17.5 Å². The summed E-state index contributed by atoms with van der Waals surface area (Å²) < 4.78 is 10.5. The molecule has 2 aromatic rings. The summed E-state index contributed by atoms with van der Waals surface area (Å²) >= 11 is 5.79. The number of carbonyl (C=O) groups excluding carboxylic acids is 1. The number of nitrogens with two attached hydrogens (primary N) is 1. The Morgan fingerprint density at radius 2 is 2.11 bits per heavy atom. The maximum absolute atomic E-state index is 11.2. The van der Waals surface area contributed by atoms with E-state index in [0.29, 0.717) is 17.2 Å². The zero-order valence-corrected chi connectivity index (χ0v) is 10.4. The van der Waals surface area contributed by atoms with Crippen LogP contribution in [0.2, 0.25) is 5.02 Å². The normalized spacial score (nSPS) is 10.3. The molecule has 0 atom stereocenters. The minimum absolute atomic E-state index is 0.0122. The minimum Gasteiger partial charge on any atom is -0.464 e. The largest absolute Gasteiger partial charge is 0.464 e. The van der Waals surface area contributed by atoms with Gasteiger partial charge in [0.25, 0.3) is 5.91 Å². The van der Waals surface area contributed by atoms with Gasteiger partial charge in [0.05, 0.1) is 6.61 Å². The number of hydrogen-bond donors (Lipinski definition) is 1. The molecule has 0 aliphatic rings. The van der Waals surface area contributed by atoms with E-state index in [2.05, 4.69) is 4.98 Å². The van der Waals surface area contributed by atoms with Gasteiger partial charge in [0.1, 0.15) is 0 Å². The topological polar surface area (TPSA) is 78.3 Å². The third-order valence-corrected chi connectivity index (χ3v) is 2.45. The molecule has 0 aliphatic carbocycles. The molecular formula is C12H11ClN2O3. The van der Waals surface area contributed by atoms with Gasteiger partial charge in [-0.25, -0.2) is 0 Å². The van der Waals surface area contributed by atoms with E-state index in [-0.39, 0.29) is 17.5 Å². The number of halogens is 1. The summed E-state index contributed by atoms with van der Waals surface area (Å²) in [6, 6.07) is 6.86. The van der Waals surface area contributed by atoms with Gasteiger partial charge in [0, 0.05) is 10.6 Å². The van der Waals surface area contributed by atoms with Crippen LogP contribution in [-0.4, -0.2) is 17.5 Å². The smallest absolute Gasteiger partial charge is 0.319 e. The van der Waals surface area contributed by atoms with Crippen LogP contribution in [0.4, 0.5) is 0 Å². The highest BCUT2D eigenvalue weighted by molar-refractivity contribution is 6.30. The van der Waals surface area contributed by atoms with Gasteiger partial charge in [-0.1, -0.05) is 11.6 Å². The van der Waals surface area contributed by atoms with Crippen LogP contribution in [0.1, 0.15) is 17.4 Å². The van der Waals surface area contributed by atoms with E-state index < -0.39 is 5.91 Å². The van der Waals surface area contributed by atoms with Gasteiger partial charge in [-0.15, -0.1) is 0 Å². The summed E-state index contributed by atoms with van der Waals surface area (Å²) in [5.41, 5.74) is 5.87. The molecular weight excluding hydrogens is 256 g/mol. The van der Waals surface area contributed by atoms with Crippen LogP contribution in [0.15, 0.2) is 28.7 Å². The maximum Gasteiger partial charge on any atom is 0.319 e. The number of rotatable bonds is 4. The molecule has 2 rings (SSSR count). The van der Waals surface area contributed by atoms with E-state index in [9.17, 15) is 4.79 Å². The van der Waals surface area contributed by atoms with Crippen molar-refractivity contribution in [2.75, 3.05) is 6.61 Å². The predicted molar refractivity (Wildman–Crippen MR) is 66.6 cm³/mol. The molecule has 18 heavy (non-hydrogen) atoms.